The van der Waals surface area contributed by atoms with Gasteiger partial charge in [-0.05, 0) is 73.7 Å². The van der Waals surface area contributed by atoms with E-state index in [1.807, 2.05) is 7.05 Å². The smallest absolute Gasteiger partial charge is 0.159 e. The molecule has 6 heteroatoms. The highest BCUT2D eigenvalue weighted by atomic mass is 16.3. The molecule has 2 aliphatic carbocycles. The first-order valence-electron chi connectivity index (χ1n) is 12.2. The van der Waals surface area contributed by atoms with Crippen molar-refractivity contribution in [3.63, 3.8) is 0 Å². The predicted octanol–water partition coefficient (Wildman–Crippen LogP) is 4.77. The fourth-order valence-electron chi connectivity index (χ4n) is 6.79. The number of aromatic nitrogens is 2. The summed E-state index contributed by atoms with van der Waals surface area (Å²) >= 11 is 0. The second kappa shape index (κ2) is 8.69. The second-order valence-corrected chi connectivity index (χ2v) is 10.9. The molecule has 1 aromatic heterocycles. The van der Waals surface area contributed by atoms with E-state index in [1.54, 1.807) is 0 Å². The van der Waals surface area contributed by atoms with Crippen molar-refractivity contribution in [2.24, 2.45) is 22.7 Å². The summed E-state index contributed by atoms with van der Waals surface area (Å²) in [6, 6.07) is 0. The molecule has 32 heavy (non-hydrogen) atoms. The fraction of sp³-hybridized carbons (Fsp3) is 0.692. The van der Waals surface area contributed by atoms with Gasteiger partial charge in [-0.25, -0.2) is 9.97 Å². The summed E-state index contributed by atoms with van der Waals surface area (Å²) in [5.74, 6) is 2.83. The standard InChI is InChI=1S/C26H41N5O/c1-18(11-14-31-17-30(5)24-22(31)23(27)28-16-29-24)9-12-25(3)19(2)10-13-26(4)20(15-32)7-6-8-21(25)26/h7,11,16,19,21,32H,6,8-10,12-15,17H2,1-5H3,(H2,27,28,29). The molecule has 0 spiro atoms. The molecule has 0 radical (unpaired) electrons. The van der Waals surface area contributed by atoms with Gasteiger partial charge in [0.1, 0.15) is 12.0 Å². The summed E-state index contributed by atoms with van der Waals surface area (Å²) in [5, 5.41) is 10.0. The average Bonchev–Trinajstić information content (AvgIpc) is 3.10. The number of hydrogen-bond acceptors (Lipinski definition) is 6. The molecule has 0 bridgehead atoms. The van der Waals surface area contributed by atoms with Crippen LogP contribution < -0.4 is 15.5 Å². The zero-order valence-corrected chi connectivity index (χ0v) is 20.6. The minimum Gasteiger partial charge on any atom is -0.392 e. The van der Waals surface area contributed by atoms with Gasteiger partial charge in [0, 0.05) is 13.6 Å². The molecular formula is C26H41N5O. The molecule has 0 saturated heterocycles. The molecule has 2 heterocycles. The number of nitrogens with zero attached hydrogens (tertiary/aromatic N) is 4. The van der Waals surface area contributed by atoms with Crippen LogP contribution in [0.3, 0.4) is 0 Å². The lowest BCUT2D eigenvalue weighted by Crippen LogP contribution is -2.50. The van der Waals surface area contributed by atoms with Crippen molar-refractivity contribution in [1.82, 2.24) is 9.97 Å². The summed E-state index contributed by atoms with van der Waals surface area (Å²) in [6.45, 7) is 11.5. The highest BCUT2D eigenvalue weighted by molar-refractivity contribution is 5.81. The van der Waals surface area contributed by atoms with Crippen LogP contribution in [-0.2, 0) is 0 Å². The molecule has 0 amide bonds. The Morgan fingerprint density at radius 3 is 2.84 bits per heavy atom. The maximum Gasteiger partial charge on any atom is 0.159 e. The van der Waals surface area contributed by atoms with E-state index in [0.29, 0.717) is 23.1 Å². The number of aliphatic hydroxyl groups is 1. The molecule has 1 fully saturated rings. The van der Waals surface area contributed by atoms with E-state index >= 15 is 0 Å². The number of nitrogens with two attached hydrogens (primary N) is 1. The van der Waals surface area contributed by atoms with Crippen LogP contribution in [0.2, 0.25) is 0 Å². The van der Waals surface area contributed by atoms with Crippen LogP contribution in [0.15, 0.2) is 29.6 Å². The van der Waals surface area contributed by atoms with E-state index in [-0.39, 0.29) is 12.0 Å². The van der Waals surface area contributed by atoms with Gasteiger partial charge in [-0.2, -0.15) is 0 Å². The van der Waals surface area contributed by atoms with Crippen LogP contribution in [0.4, 0.5) is 17.3 Å². The van der Waals surface area contributed by atoms with Gasteiger partial charge in [0.25, 0.3) is 0 Å². The Kier molecular flexibility index (Phi) is 6.27. The van der Waals surface area contributed by atoms with Crippen LogP contribution in [0.25, 0.3) is 0 Å². The quantitative estimate of drug-likeness (QED) is 0.622. The van der Waals surface area contributed by atoms with E-state index in [9.17, 15) is 5.11 Å². The van der Waals surface area contributed by atoms with Gasteiger partial charge in [0.2, 0.25) is 0 Å². The molecule has 4 unspecified atom stereocenters. The van der Waals surface area contributed by atoms with Gasteiger partial charge in [-0.1, -0.05) is 38.5 Å². The Hall–Kier alpha value is -2.08. The highest BCUT2D eigenvalue weighted by Gasteiger charge is 2.53. The van der Waals surface area contributed by atoms with Crippen LogP contribution in [0.5, 0.6) is 0 Å². The summed E-state index contributed by atoms with van der Waals surface area (Å²) < 4.78 is 0. The molecule has 1 saturated carbocycles. The lowest BCUT2D eigenvalue weighted by atomic mass is 9.47. The number of anilines is 3. The fourth-order valence-corrected chi connectivity index (χ4v) is 6.79. The molecule has 6 nitrogen and oxygen atoms in total. The number of allylic oxidation sites excluding steroid dienone is 2. The van der Waals surface area contributed by atoms with Gasteiger partial charge in [-0.3, -0.25) is 0 Å². The van der Waals surface area contributed by atoms with Gasteiger partial charge in [0.15, 0.2) is 11.6 Å². The molecule has 0 aromatic carbocycles. The summed E-state index contributed by atoms with van der Waals surface area (Å²) in [6.07, 6.45) is 13.3. The number of nitrogen functional groups attached to an aromatic ring is 1. The van der Waals surface area contributed by atoms with Gasteiger partial charge >= 0.3 is 0 Å². The first-order chi connectivity index (χ1) is 15.2. The molecule has 1 aliphatic heterocycles. The third-order valence-corrected chi connectivity index (χ3v) is 9.15. The van der Waals surface area contributed by atoms with E-state index in [0.717, 1.165) is 37.6 Å². The Morgan fingerprint density at radius 1 is 1.31 bits per heavy atom. The predicted molar refractivity (Wildman–Crippen MR) is 133 cm³/mol. The number of hydrogen-bond donors (Lipinski definition) is 2. The van der Waals surface area contributed by atoms with Crippen LogP contribution >= 0.6 is 0 Å². The second-order valence-electron chi connectivity index (χ2n) is 10.9. The van der Waals surface area contributed by atoms with Crippen molar-refractivity contribution >= 4 is 17.3 Å². The van der Waals surface area contributed by atoms with E-state index in [2.05, 4.69) is 59.6 Å². The Balaban J connectivity index is 1.45. The van der Waals surface area contributed by atoms with Gasteiger partial charge < -0.3 is 20.6 Å². The van der Waals surface area contributed by atoms with Crippen LogP contribution in [-0.4, -0.2) is 41.9 Å². The third kappa shape index (κ3) is 3.81. The van der Waals surface area contributed by atoms with Crippen molar-refractivity contribution in [3.8, 4) is 0 Å². The van der Waals surface area contributed by atoms with Crippen molar-refractivity contribution in [2.75, 3.05) is 42.4 Å². The third-order valence-electron chi connectivity index (χ3n) is 9.15. The molecule has 4 atom stereocenters. The lowest BCUT2D eigenvalue weighted by molar-refractivity contribution is -0.0507. The SMILES string of the molecule is CC(=CCN1CN(C)c2ncnc(N)c21)CCC1(C)C(C)CCC2(C)C(CO)=CCCC21. The Labute approximate surface area is 193 Å². The molecule has 3 N–H and O–H groups in total. The minimum absolute atomic E-state index is 0.160. The summed E-state index contributed by atoms with van der Waals surface area (Å²) in [7, 11) is 2.05. The number of aliphatic hydroxyl groups excluding tert-OH is 1. The van der Waals surface area contributed by atoms with Gasteiger partial charge in [-0.15, -0.1) is 0 Å². The molecule has 176 valence electrons. The van der Waals surface area contributed by atoms with Crippen LogP contribution in [0, 0.1) is 22.7 Å². The van der Waals surface area contributed by atoms with E-state index in [4.69, 9.17) is 5.73 Å². The first kappa shape index (κ1) is 23.1. The number of fused-ring (bicyclic) bond motifs is 2. The normalized spacial score (nSPS) is 32.6. The Morgan fingerprint density at radius 2 is 2.09 bits per heavy atom. The zero-order valence-electron chi connectivity index (χ0n) is 20.6. The van der Waals surface area contributed by atoms with E-state index < -0.39 is 0 Å². The highest BCUT2D eigenvalue weighted by Crippen LogP contribution is 2.61. The average molecular weight is 440 g/mol. The van der Waals surface area contributed by atoms with Crippen molar-refractivity contribution in [3.05, 3.63) is 29.6 Å². The minimum atomic E-state index is 0.160. The molecule has 1 aromatic rings. The van der Waals surface area contributed by atoms with E-state index in [1.165, 1.54) is 43.2 Å². The zero-order chi connectivity index (χ0) is 23.1. The summed E-state index contributed by atoms with van der Waals surface area (Å²) in [4.78, 5) is 13.0. The van der Waals surface area contributed by atoms with Gasteiger partial charge in [0.05, 0.1) is 13.3 Å². The maximum atomic E-state index is 10.0. The summed E-state index contributed by atoms with van der Waals surface area (Å²) in [5.41, 5.74) is 10.3. The van der Waals surface area contributed by atoms with Crippen molar-refractivity contribution in [1.29, 1.82) is 0 Å². The topological polar surface area (TPSA) is 78.5 Å². The maximum absolute atomic E-state index is 10.0. The number of rotatable bonds is 6. The molecular weight excluding hydrogens is 398 g/mol. The van der Waals surface area contributed by atoms with Crippen LogP contribution in [0.1, 0.15) is 66.2 Å². The molecule has 3 aliphatic rings. The monoisotopic (exact) mass is 439 g/mol. The first-order valence-corrected chi connectivity index (χ1v) is 12.2. The largest absolute Gasteiger partial charge is 0.392 e. The van der Waals surface area contributed by atoms with Crippen molar-refractivity contribution in [2.45, 2.75) is 66.2 Å². The van der Waals surface area contributed by atoms with Crippen molar-refractivity contribution < 1.29 is 5.11 Å². The molecule has 4 rings (SSSR count). The Bertz CT molecular complexity index is 911. The lowest BCUT2D eigenvalue weighted by Gasteiger charge is -2.58.